The van der Waals surface area contributed by atoms with Crippen LogP contribution in [-0.2, 0) is 4.79 Å². The molecule has 1 heterocycles. The van der Waals surface area contributed by atoms with Gasteiger partial charge in [-0.2, -0.15) is 5.10 Å². The Kier molecular flexibility index (Phi) is 6.04. The van der Waals surface area contributed by atoms with E-state index >= 15 is 0 Å². The fraction of sp³-hybridized carbons (Fsp3) is 0.263. The Hall–Kier alpha value is -2.37. The van der Waals surface area contributed by atoms with Gasteiger partial charge in [0.05, 0.1) is 12.8 Å². The molecule has 1 amide bonds. The Morgan fingerprint density at radius 3 is 2.44 bits per heavy atom. The summed E-state index contributed by atoms with van der Waals surface area (Å²) < 4.78 is 0. The third kappa shape index (κ3) is 5.05. The average molecular weight is 357 g/mol. The van der Waals surface area contributed by atoms with Gasteiger partial charge in [0.1, 0.15) is 0 Å². The van der Waals surface area contributed by atoms with Crippen molar-refractivity contribution in [2.75, 3.05) is 37.6 Å². The van der Waals surface area contributed by atoms with Crippen molar-refractivity contribution in [1.82, 2.24) is 10.3 Å². The Morgan fingerprint density at radius 1 is 1.04 bits per heavy atom. The van der Waals surface area contributed by atoms with Gasteiger partial charge in [-0.25, -0.2) is 5.43 Å². The van der Waals surface area contributed by atoms with E-state index in [2.05, 4.69) is 32.5 Å². The van der Waals surface area contributed by atoms with Gasteiger partial charge in [0.15, 0.2) is 0 Å². The summed E-state index contributed by atoms with van der Waals surface area (Å²) >= 11 is 6.04. The van der Waals surface area contributed by atoms with Crippen LogP contribution in [0.3, 0.4) is 0 Å². The molecule has 5 nitrogen and oxygen atoms in total. The summed E-state index contributed by atoms with van der Waals surface area (Å²) in [7, 11) is 0. The molecule has 25 heavy (non-hydrogen) atoms. The lowest BCUT2D eigenvalue weighted by atomic mass is 10.2. The second-order valence-electron chi connectivity index (χ2n) is 5.91. The van der Waals surface area contributed by atoms with Crippen molar-refractivity contribution in [3.8, 4) is 0 Å². The van der Waals surface area contributed by atoms with Crippen LogP contribution in [0.1, 0.15) is 5.56 Å². The monoisotopic (exact) mass is 356 g/mol. The summed E-state index contributed by atoms with van der Waals surface area (Å²) in [6, 6.07) is 17.7. The van der Waals surface area contributed by atoms with Gasteiger partial charge in [-0.05, 0) is 18.2 Å². The predicted octanol–water partition coefficient (Wildman–Crippen LogP) is 2.61. The van der Waals surface area contributed by atoms with Gasteiger partial charge < -0.3 is 4.90 Å². The molecule has 1 aliphatic rings. The number of anilines is 1. The van der Waals surface area contributed by atoms with Crippen LogP contribution >= 0.6 is 11.6 Å². The molecule has 1 aliphatic heterocycles. The van der Waals surface area contributed by atoms with Crippen LogP contribution in [0.4, 0.5) is 5.69 Å². The van der Waals surface area contributed by atoms with E-state index in [0.717, 1.165) is 31.7 Å². The number of piperazine rings is 1. The molecule has 1 saturated heterocycles. The maximum atomic E-state index is 12.0. The zero-order chi connectivity index (χ0) is 17.5. The Bertz CT molecular complexity index is 727. The van der Waals surface area contributed by atoms with Gasteiger partial charge in [0.25, 0.3) is 5.91 Å². The molecule has 2 aromatic rings. The number of carbonyl (C=O) groups excluding carboxylic acids is 1. The molecular formula is C19H21ClN4O. The predicted molar refractivity (Wildman–Crippen MR) is 102 cm³/mol. The van der Waals surface area contributed by atoms with Crippen molar-refractivity contribution >= 4 is 29.4 Å². The van der Waals surface area contributed by atoms with E-state index in [4.69, 9.17) is 11.6 Å². The number of nitrogens with one attached hydrogen (secondary N) is 1. The number of benzene rings is 2. The number of halogens is 1. The third-order valence-corrected chi connectivity index (χ3v) is 4.50. The molecule has 6 heteroatoms. The summed E-state index contributed by atoms with van der Waals surface area (Å²) in [5.41, 5.74) is 4.58. The first-order chi connectivity index (χ1) is 12.2. The fourth-order valence-corrected chi connectivity index (χ4v) is 2.98. The number of carbonyl (C=O) groups is 1. The number of hydrogen-bond acceptors (Lipinski definition) is 4. The standard InChI is InChI=1S/C19H21ClN4O/c20-18-9-5-4-6-16(18)14-21-22-19(25)15-23-10-12-24(13-11-23)17-7-2-1-3-8-17/h1-9,14H,10-13,15H2,(H,22,25)/b21-14+. The molecule has 0 atom stereocenters. The molecule has 0 unspecified atom stereocenters. The summed E-state index contributed by atoms with van der Waals surface area (Å²) in [6.45, 7) is 3.90. The van der Waals surface area contributed by atoms with Crippen molar-refractivity contribution in [2.24, 2.45) is 5.10 Å². The smallest absolute Gasteiger partial charge is 0.254 e. The number of nitrogens with zero attached hydrogens (tertiary/aromatic N) is 3. The molecule has 0 aliphatic carbocycles. The van der Waals surface area contributed by atoms with Crippen molar-refractivity contribution in [3.05, 3.63) is 65.2 Å². The molecule has 2 aromatic carbocycles. The largest absolute Gasteiger partial charge is 0.369 e. The van der Waals surface area contributed by atoms with E-state index in [1.54, 1.807) is 12.3 Å². The zero-order valence-electron chi connectivity index (χ0n) is 13.9. The van der Waals surface area contributed by atoms with Crippen LogP contribution in [0.5, 0.6) is 0 Å². The topological polar surface area (TPSA) is 47.9 Å². The number of hydrogen-bond donors (Lipinski definition) is 1. The van der Waals surface area contributed by atoms with Crippen molar-refractivity contribution < 1.29 is 4.79 Å². The minimum atomic E-state index is -0.114. The van der Waals surface area contributed by atoms with E-state index in [0.29, 0.717) is 11.6 Å². The summed E-state index contributed by atoms with van der Waals surface area (Å²) in [4.78, 5) is 16.5. The van der Waals surface area contributed by atoms with E-state index < -0.39 is 0 Å². The Morgan fingerprint density at radius 2 is 1.72 bits per heavy atom. The van der Waals surface area contributed by atoms with Crippen LogP contribution in [0.2, 0.25) is 5.02 Å². The highest BCUT2D eigenvalue weighted by Gasteiger charge is 2.18. The first-order valence-electron chi connectivity index (χ1n) is 8.31. The summed E-state index contributed by atoms with van der Waals surface area (Å²) in [5, 5.41) is 4.59. The van der Waals surface area contributed by atoms with Crippen LogP contribution in [0.15, 0.2) is 59.7 Å². The molecule has 0 spiro atoms. The molecule has 0 radical (unpaired) electrons. The molecule has 1 fully saturated rings. The molecular weight excluding hydrogens is 336 g/mol. The van der Waals surface area contributed by atoms with Crippen molar-refractivity contribution in [1.29, 1.82) is 0 Å². The average Bonchev–Trinajstić information content (AvgIpc) is 2.65. The summed E-state index contributed by atoms with van der Waals surface area (Å²) in [5.74, 6) is -0.114. The molecule has 0 aromatic heterocycles. The lowest BCUT2D eigenvalue weighted by Gasteiger charge is -2.35. The molecule has 130 valence electrons. The highest BCUT2D eigenvalue weighted by molar-refractivity contribution is 6.33. The summed E-state index contributed by atoms with van der Waals surface area (Å²) in [6.07, 6.45) is 1.56. The normalized spacial score (nSPS) is 15.5. The number of amides is 1. The van der Waals surface area contributed by atoms with Gasteiger partial charge in [-0.15, -0.1) is 0 Å². The van der Waals surface area contributed by atoms with E-state index in [-0.39, 0.29) is 5.91 Å². The first kappa shape index (κ1) is 17.5. The van der Waals surface area contributed by atoms with E-state index in [1.807, 2.05) is 36.4 Å². The SMILES string of the molecule is O=C(CN1CCN(c2ccccc2)CC1)N/N=C/c1ccccc1Cl. The highest BCUT2D eigenvalue weighted by Crippen LogP contribution is 2.15. The Balaban J connectivity index is 1.43. The third-order valence-electron chi connectivity index (χ3n) is 4.16. The van der Waals surface area contributed by atoms with Gasteiger partial charge >= 0.3 is 0 Å². The second kappa shape index (κ2) is 8.65. The minimum Gasteiger partial charge on any atom is -0.369 e. The Labute approximate surface area is 152 Å². The lowest BCUT2D eigenvalue weighted by molar-refractivity contribution is -0.122. The molecule has 0 saturated carbocycles. The first-order valence-corrected chi connectivity index (χ1v) is 8.69. The number of rotatable bonds is 5. The van der Waals surface area contributed by atoms with Crippen molar-refractivity contribution in [2.45, 2.75) is 0 Å². The van der Waals surface area contributed by atoms with Crippen LogP contribution in [0.25, 0.3) is 0 Å². The lowest BCUT2D eigenvalue weighted by Crippen LogP contribution is -2.49. The van der Waals surface area contributed by atoms with Crippen LogP contribution in [0, 0.1) is 0 Å². The fourth-order valence-electron chi connectivity index (χ4n) is 2.80. The molecule has 3 rings (SSSR count). The quantitative estimate of drug-likeness (QED) is 0.661. The van der Waals surface area contributed by atoms with Crippen LogP contribution in [-0.4, -0.2) is 49.7 Å². The highest BCUT2D eigenvalue weighted by atomic mass is 35.5. The van der Waals surface area contributed by atoms with Gasteiger partial charge in [-0.3, -0.25) is 9.69 Å². The molecule has 0 bridgehead atoms. The number of para-hydroxylation sites is 1. The van der Waals surface area contributed by atoms with E-state index in [9.17, 15) is 4.79 Å². The second-order valence-corrected chi connectivity index (χ2v) is 6.32. The molecule has 1 N–H and O–H groups in total. The zero-order valence-corrected chi connectivity index (χ0v) is 14.7. The van der Waals surface area contributed by atoms with E-state index in [1.165, 1.54) is 5.69 Å². The van der Waals surface area contributed by atoms with Gasteiger partial charge in [0, 0.05) is 42.5 Å². The minimum absolute atomic E-state index is 0.114. The van der Waals surface area contributed by atoms with Crippen LogP contribution < -0.4 is 10.3 Å². The maximum Gasteiger partial charge on any atom is 0.254 e. The van der Waals surface area contributed by atoms with Crippen molar-refractivity contribution in [3.63, 3.8) is 0 Å². The maximum absolute atomic E-state index is 12.0. The van der Waals surface area contributed by atoms with Gasteiger partial charge in [-0.1, -0.05) is 48.0 Å². The number of hydrazone groups is 1. The van der Waals surface area contributed by atoms with Gasteiger partial charge in [0.2, 0.25) is 0 Å².